The average Bonchev–Trinajstić information content (AvgIpc) is 2.93. The van der Waals surface area contributed by atoms with Gasteiger partial charge in [0, 0.05) is 32.6 Å². The molecule has 1 aliphatic heterocycles. The van der Waals surface area contributed by atoms with Crippen LogP contribution in [0.3, 0.4) is 0 Å². The molecule has 0 bridgehead atoms. The fraction of sp³-hybridized carbons (Fsp3) is 0.333. The van der Waals surface area contributed by atoms with Crippen molar-refractivity contribution >= 4 is 11.8 Å². The maximum atomic E-state index is 13.0. The molecule has 6 heteroatoms. The van der Waals surface area contributed by atoms with Gasteiger partial charge in [0.25, 0.3) is 0 Å². The molecule has 1 saturated heterocycles. The number of aryl methyl sites for hydroxylation is 1. The van der Waals surface area contributed by atoms with E-state index in [0.717, 1.165) is 23.3 Å². The van der Waals surface area contributed by atoms with Crippen molar-refractivity contribution < 1.29 is 14.3 Å². The van der Waals surface area contributed by atoms with Crippen LogP contribution in [0.25, 0.3) is 0 Å². The molecule has 0 aromatic heterocycles. The Labute approximate surface area is 213 Å². The number of nitrogens with one attached hydrogen (secondary N) is 1. The van der Waals surface area contributed by atoms with E-state index in [0.29, 0.717) is 45.6 Å². The van der Waals surface area contributed by atoms with Crippen molar-refractivity contribution in [2.45, 2.75) is 25.3 Å². The lowest BCUT2D eigenvalue weighted by Gasteiger charge is -2.34. The predicted octanol–water partition coefficient (Wildman–Crippen LogP) is 3.87. The van der Waals surface area contributed by atoms with E-state index in [-0.39, 0.29) is 17.9 Å². The lowest BCUT2D eigenvalue weighted by atomic mass is 9.99. The fourth-order valence-electron chi connectivity index (χ4n) is 4.59. The van der Waals surface area contributed by atoms with Gasteiger partial charge in [0.05, 0.1) is 19.7 Å². The Morgan fingerprint density at radius 2 is 1.47 bits per heavy atom. The first-order chi connectivity index (χ1) is 17.6. The Kier molecular flexibility index (Phi) is 9.11. The second-order valence-electron chi connectivity index (χ2n) is 9.23. The minimum atomic E-state index is -0.0816. The van der Waals surface area contributed by atoms with E-state index in [1.807, 2.05) is 65.6 Å². The van der Waals surface area contributed by atoms with Gasteiger partial charge in [0.1, 0.15) is 5.75 Å². The van der Waals surface area contributed by atoms with Crippen LogP contribution in [0.2, 0.25) is 0 Å². The van der Waals surface area contributed by atoms with Gasteiger partial charge in [0.15, 0.2) is 0 Å². The highest BCUT2D eigenvalue weighted by Gasteiger charge is 2.23. The van der Waals surface area contributed by atoms with Crippen LogP contribution in [0.15, 0.2) is 84.9 Å². The minimum Gasteiger partial charge on any atom is -0.497 e. The molecule has 0 radical (unpaired) electrons. The van der Waals surface area contributed by atoms with Gasteiger partial charge >= 0.3 is 0 Å². The van der Waals surface area contributed by atoms with Crippen LogP contribution in [0.4, 0.5) is 0 Å². The number of methoxy groups -OCH3 is 1. The first kappa shape index (κ1) is 25.5. The predicted molar refractivity (Wildman–Crippen MR) is 142 cm³/mol. The van der Waals surface area contributed by atoms with Crippen molar-refractivity contribution in [2.24, 2.45) is 0 Å². The highest BCUT2D eigenvalue weighted by atomic mass is 16.5. The second-order valence-corrected chi connectivity index (χ2v) is 9.23. The maximum absolute atomic E-state index is 13.0. The number of carbonyl (C=O) groups is 2. The Balaban J connectivity index is 1.24. The second kappa shape index (κ2) is 12.9. The highest BCUT2D eigenvalue weighted by Crippen LogP contribution is 2.19. The van der Waals surface area contributed by atoms with E-state index in [2.05, 4.69) is 34.5 Å². The zero-order valence-electron chi connectivity index (χ0n) is 20.9. The number of carbonyl (C=O) groups excluding carboxylic acids is 2. The number of benzene rings is 3. The van der Waals surface area contributed by atoms with E-state index in [9.17, 15) is 9.59 Å². The Bertz CT molecular complexity index is 1100. The molecule has 0 saturated carbocycles. The Morgan fingerprint density at radius 3 is 2.11 bits per heavy atom. The molecule has 1 atom stereocenters. The summed E-state index contributed by atoms with van der Waals surface area (Å²) >= 11 is 0. The quantitative estimate of drug-likeness (QED) is 0.474. The molecule has 6 nitrogen and oxygen atoms in total. The Morgan fingerprint density at radius 1 is 0.833 bits per heavy atom. The summed E-state index contributed by atoms with van der Waals surface area (Å²) < 4.78 is 5.19. The number of hydrogen-bond acceptors (Lipinski definition) is 4. The molecule has 1 N–H and O–H groups in total. The van der Waals surface area contributed by atoms with Crippen molar-refractivity contribution in [3.63, 3.8) is 0 Å². The van der Waals surface area contributed by atoms with Crippen LogP contribution >= 0.6 is 0 Å². The van der Waals surface area contributed by atoms with Crippen molar-refractivity contribution in [2.75, 3.05) is 39.8 Å². The zero-order chi connectivity index (χ0) is 25.2. The molecule has 1 unspecified atom stereocenters. The summed E-state index contributed by atoms with van der Waals surface area (Å²) in [6, 6.07) is 28.1. The number of amides is 2. The van der Waals surface area contributed by atoms with Gasteiger partial charge < -0.3 is 15.0 Å². The first-order valence-electron chi connectivity index (χ1n) is 12.6. The van der Waals surface area contributed by atoms with Crippen molar-refractivity contribution in [1.29, 1.82) is 0 Å². The third-order valence-corrected chi connectivity index (χ3v) is 6.70. The van der Waals surface area contributed by atoms with E-state index in [1.54, 1.807) is 7.11 Å². The van der Waals surface area contributed by atoms with Gasteiger partial charge in [-0.15, -0.1) is 0 Å². The SMILES string of the molecule is COc1ccc(CCC(=O)N2CCN(CC(=O)NC(Cc3ccccc3)c3ccccc3)CC2)cc1. The maximum Gasteiger partial charge on any atom is 0.234 e. The van der Waals surface area contributed by atoms with E-state index >= 15 is 0 Å². The molecule has 3 aromatic rings. The third-order valence-electron chi connectivity index (χ3n) is 6.70. The molecule has 2 amide bonds. The molecule has 1 fully saturated rings. The Hall–Kier alpha value is -3.64. The van der Waals surface area contributed by atoms with Gasteiger partial charge in [-0.1, -0.05) is 72.8 Å². The summed E-state index contributed by atoms with van der Waals surface area (Å²) in [5, 5.41) is 3.24. The summed E-state index contributed by atoms with van der Waals surface area (Å²) in [5.41, 5.74) is 3.42. The third kappa shape index (κ3) is 7.43. The van der Waals surface area contributed by atoms with Crippen LogP contribution < -0.4 is 10.1 Å². The average molecular weight is 486 g/mol. The summed E-state index contributed by atoms with van der Waals surface area (Å²) in [6.07, 6.45) is 1.95. The fourth-order valence-corrected chi connectivity index (χ4v) is 4.59. The molecule has 1 heterocycles. The zero-order valence-corrected chi connectivity index (χ0v) is 20.9. The smallest absolute Gasteiger partial charge is 0.234 e. The van der Waals surface area contributed by atoms with Crippen molar-refractivity contribution in [3.8, 4) is 5.75 Å². The van der Waals surface area contributed by atoms with E-state index in [1.165, 1.54) is 5.56 Å². The molecule has 0 spiro atoms. The number of nitrogens with zero attached hydrogens (tertiary/aromatic N) is 2. The standard InChI is InChI=1S/C30H35N3O3/c1-36-27-15-12-24(13-16-27)14-17-30(35)33-20-18-32(19-21-33)23-29(34)31-28(26-10-6-3-7-11-26)22-25-8-4-2-5-9-25/h2-13,15-16,28H,14,17-23H2,1H3,(H,31,34). The van der Waals surface area contributed by atoms with Crippen LogP contribution in [-0.4, -0.2) is 61.4 Å². The molecule has 1 aliphatic rings. The molecule has 36 heavy (non-hydrogen) atoms. The van der Waals surface area contributed by atoms with Gasteiger partial charge in [0.2, 0.25) is 11.8 Å². The largest absolute Gasteiger partial charge is 0.497 e. The number of ether oxygens (including phenoxy) is 1. The van der Waals surface area contributed by atoms with Crippen molar-refractivity contribution in [1.82, 2.24) is 15.1 Å². The molecule has 188 valence electrons. The van der Waals surface area contributed by atoms with Gasteiger partial charge in [-0.25, -0.2) is 0 Å². The summed E-state index contributed by atoms with van der Waals surface area (Å²) in [6.45, 7) is 3.06. The summed E-state index contributed by atoms with van der Waals surface area (Å²) in [4.78, 5) is 29.7. The van der Waals surface area contributed by atoms with E-state index in [4.69, 9.17) is 4.74 Å². The monoisotopic (exact) mass is 485 g/mol. The van der Waals surface area contributed by atoms with Crippen LogP contribution in [0.1, 0.15) is 29.2 Å². The minimum absolute atomic E-state index is 0.0130. The van der Waals surface area contributed by atoms with E-state index < -0.39 is 0 Å². The number of rotatable bonds is 10. The van der Waals surface area contributed by atoms with Crippen LogP contribution in [0, 0.1) is 0 Å². The number of hydrogen-bond donors (Lipinski definition) is 1. The molecule has 0 aliphatic carbocycles. The lowest BCUT2D eigenvalue weighted by molar-refractivity contribution is -0.133. The lowest BCUT2D eigenvalue weighted by Crippen LogP contribution is -2.51. The molecular formula is C30H35N3O3. The van der Waals surface area contributed by atoms with Gasteiger partial charge in [-0.2, -0.15) is 0 Å². The van der Waals surface area contributed by atoms with Gasteiger partial charge in [-0.05, 0) is 41.7 Å². The summed E-state index contributed by atoms with van der Waals surface area (Å²) in [5.74, 6) is 1.00. The molecule has 4 rings (SSSR count). The van der Waals surface area contributed by atoms with Crippen molar-refractivity contribution in [3.05, 3.63) is 102 Å². The molecular weight excluding hydrogens is 450 g/mol. The highest BCUT2D eigenvalue weighted by molar-refractivity contribution is 5.79. The number of piperazine rings is 1. The first-order valence-corrected chi connectivity index (χ1v) is 12.6. The topological polar surface area (TPSA) is 61.9 Å². The normalized spacial score (nSPS) is 14.8. The summed E-state index contributed by atoms with van der Waals surface area (Å²) in [7, 11) is 1.65. The van der Waals surface area contributed by atoms with Crippen LogP contribution in [0.5, 0.6) is 5.75 Å². The van der Waals surface area contributed by atoms with Crippen LogP contribution in [-0.2, 0) is 22.4 Å². The molecule has 3 aromatic carbocycles. The van der Waals surface area contributed by atoms with Gasteiger partial charge in [-0.3, -0.25) is 14.5 Å².